The number of para-hydroxylation sites is 1. The summed E-state index contributed by atoms with van der Waals surface area (Å²) in [4.78, 5) is 14.2. The molecule has 126 valence electrons. The summed E-state index contributed by atoms with van der Waals surface area (Å²) in [5.74, 6) is 0.803. The van der Waals surface area contributed by atoms with Gasteiger partial charge in [0.05, 0.1) is 6.54 Å². The quantitative estimate of drug-likeness (QED) is 0.800. The van der Waals surface area contributed by atoms with Crippen molar-refractivity contribution in [3.05, 3.63) is 54.6 Å². The summed E-state index contributed by atoms with van der Waals surface area (Å²) < 4.78 is 5.53. The van der Waals surface area contributed by atoms with Gasteiger partial charge in [-0.1, -0.05) is 18.2 Å². The number of rotatable bonds is 6. The molecule has 2 N–H and O–H groups in total. The van der Waals surface area contributed by atoms with Crippen LogP contribution in [0.5, 0.6) is 5.75 Å². The van der Waals surface area contributed by atoms with Crippen molar-refractivity contribution < 1.29 is 9.53 Å². The summed E-state index contributed by atoms with van der Waals surface area (Å²) in [6, 6.07) is 17.3. The Labute approximate surface area is 142 Å². The second-order valence-corrected chi connectivity index (χ2v) is 5.78. The zero-order chi connectivity index (χ0) is 16.6. The first-order chi connectivity index (χ1) is 11.8. The van der Waals surface area contributed by atoms with E-state index in [1.54, 1.807) is 0 Å². The molecule has 1 heterocycles. The Bertz CT molecular complexity index is 637. The summed E-state index contributed by atoms with van der Waals surface area (Å²) in [5, 5.41) is 5.62. The van der Waals surface area contributed by atoms with Crippen molar-refractivity contribution in [3.63, 3.8) is 0 Å². The maximum Gasteiger partial charge on any atom is 0.319 e. The molecule has 2 aromatic rings. The van der Waals surface area contributed by atoms with E-state index in [4.69, 9.17) is 4.74 Å². The minimum absolute atomic E-state index is 0.222. The Morgan fingerprint density at radius 1 is 1.00 bits per heavy atom. The highest BCUT2D eigenvalue weighted by molar-refractivity contribution is 5.89. The summed E-state index contributed by atoms with van der Waals surface area (Å²) in [6.45, 7) is 3.13. The Balaban J connectivity index is 1.38. The molecular formula is C19H23N3O2. The Kier molecular flexibility index (Phi) is 5.56. The second-order valence-electron chi connectivity index (χ2n) is 5.78. The number of carbonyl (C=O) groups is 1. The van der Waals surface area contributed by atoms with Gasteiger partial charge in [0.25, 0.3) is 0 Å². The lowest BCUT2D eigenvalue weighted by molar-refractivity contribution is 0.247. The highest BCUT2D eigenvalue weighted by atomic mass is 16.5. The average molecular weight is 325 g/mol. The second kappa shape index (κ2) is 8.24. The Morgan fingerprint density at radius 3 is 2.42 bits per heavy atom. The molecule has 0 aromatic heterocycles. The van der Waals surface area contributed by atoms with Gasteiger partial charge in [0, 0.05) is 24.5 Å². The highest BCUT2D eigenvalue weighted by Gasteiger charge is 2.12. The standard InChI is InChI=1S/C19H23N3O2/c23-19(20-12-15-24-18-6-2-1-3-7-18)21-16-8-10-17(11-9-16)22-13-4-5-14-22/h1-3,6-11H,4-5,12-15H2,(H2,20,21,23). The summed E-state index contributed by atoms with van der Waals surface area (Å²) >= 11 is 0. The number of carbonyl (C=O) groups excluding carboxylic acids is 1. The van der Waals surface area contributed by atoms with E-state index in [1.807, 2.05) is 42.5 Å². The lowest BCUT2D eigenvalue weighted by Gasteiger charge is -2.17. The molecule has 3 rings (SSSR count). The van der Waals surface area contributed by atoms with Crippen LogP contribution in [0, 0.1) is 0 Å². The van der Waals surface area contributed by atoms with Crippen molar-refractivity contribution in [3.8, 4) is 5.75 Å². The molecule has 5 heteroatoms. The van der Waals surface area contributed by atoms with Crippen LogP contribution in [0.25, 0.3) is 0 Å². The van der Waals surface area contributed by atoms with Crippen LogP contribution in [0.1, 0.15) is 12.8 Å². The van der Waals surface area contributed by atoms with Crippen molar-refractivity contribution >= 4 is 17.4 Å². The SMILES string of the molecule is O=C(NCCOc1ccccc1)Nc1ccc(N2CCCC2)cc1. The molecule has 1 fully saturated rings. The van der Waals surface area contributed by atoms with E-state index in [0.29, 0.717) is 13.2 Å². The third kappa shape index (κ3) is 4.65. The number of ether oxygens (including phenoxy) is 1. The first-order valence-corrected chi connectivity index (χ1v) is 8.39. The first kappa shape index (κ1) is 16.2. The molecule has 0 unspecified atom stereocenters. The van der Waals surface area contributed by atoms with Gasteiger partial charge in [-0.3, -0.25) is 0 Å². The van der Waals surface area contributed by atoms with E-state index >= 15 is 0 Å². The van der Waals surface area contributed by atoms with Gasteiger partial charge in [0.15, 0.2) is 0 Å². The minimum atomic E-state index is -0.222. The molecule has 0 spiro atoms. The van der Waals surface area contributed by atoms with E-state index in [-0.39, 0.29) is 6.03 Å². The fraction of sp³-hybridized carbons (Fsp3) is 0.316. The number of anilines is 2. The van der Waals surface area contributed by atoms with E-state index in [1.165, 1.54) is 18.5 Å². The molecule has 1 aliphatic heterocycles. The summed E-state index contributed by atoms with van der Waals surface area (Å²) in [7, 11) is 0. The van der Waals surface area contributed by atoms with Gasteiger partial charge in [-0.25, -0.2) is 4.79 Å². The van der Waals surface area contributed by atoms with Crippen LogP contribution in [0.3, 0.4) is 0 Å². The number of hydrogen-bond acceptors (Lipinski definition) is 3. The largest absolute Gasteiger partial charge is 0.492 e. The zero-order valence-corrected chi connectivity index (χ0v) is 13.7. The smallest absolute Gasteiger partial charge is 0.319 e. The molecule has 2 amide bonds. The molecule has 24 heavy (non-hydrogen) atoms. The molecule has 0 atom stereocenters. The van der Waals surface area contributed by atoms with Crippen molar-refractivity contribution in [1.29, 1.82) is 0 Å². The number of nitrogens with zero attached hydrogens (tertiary/aromatic N) is 1. The van der Waals surface area contributed by atoms with Crippen molar-refractivity contribution in [2.75, 3.05) is 36.5 Å². The predicted octanol–water partition coefficient (Wildman–Crippen LogP) is 3.49. The third-order valence-electron chi connectivity index (χ3n) is 4.00. The lowest BCUT2D eigenvalue weighted by Crippen LogP contribution is -2.32. The number of urea groups is 1. The molecule has 1 saturated heterocycles. The fourth-order valence-corrected chi connectivity index (χ4v) is 2.76. The molecule has 0 aliphatic carbocycles. The van der Waals surface area contributed by atoms with Gasteiger partial charge >= 0.3 is 6.03 Å². The molecule has 0 saturated carbocycles. The van der Waals surface area contributed by atoms with Crippen LogP contribution in [0.2, 0.25) is 0 Å². The van der Waals surface area contributed by atoms with E-state index in [9.17, 15) is 4.79 Å². The number of amides is 2. The first-order valence-electron chi connectivity index (χ1n) is 8.39. The van der Waals surface area contributed by atoms with Crippen LogP contribution >= 0.6 is 0 Å². The van der Waals surface area contributed by atoms with Gasteiger partial charge in [-0.2, -0.15) is 0 Å². The van der Waals surface area contributed by atoms with E-state index < -0.39 is 0 Å². The number of hydrogen-bond donors (Lipinski definition) is 2. The zero-order valence-electron chi connectivity index (χ0n) is 13.7. The number of nitrogens with one attached hydrogen (secondary N) is 2. The van der Waals surface area contributed by atoms with E-state index in [2.05, 4.69) is 27.7 Å². The monoisotopic (exact) mass is 325 g/mol. The Hall–Kier alpha value is -2.69. The predicted molar refractivity (Wildman–Crippen MR) is 96.8 cm³/mol. The van der Waals surface area contributed by atoms with Crippen LogP contribution < -0.4 is 20.3 Å². The van der Waals surface area contributed by atoms with Crippen LogP contribution in [-0.4, -0.2) is 32.3 Å². The minimum Gasteiger partial charge on any atom is -0.492 e. The van der Waals surface area contributed by atoms with Gasteiger partial charge in [0.1, 0.15) is 12.4 Å². The van der Waals surface area contributed by atoms with Gasteiger partial charge in [0.2, 0.25) is 0 Å². The van der Waals surface area contributed by atoms with Crippen LogP contribution in [-0.2, 0) is 0 Å². The maximum absolute atomic E-state index is 11.9. The summed E-state index contributed by atoms with van der Waals surface area (Å²) in [6.07, 6.45) is 2.51. The van der Waals surface area contributed by atoms with Crippen LogP contribution in [0.15, 0.2) is 54.6 Å². The van der Waals surface area contributed by atoms with Gasteiger partial charge in [-0.15, -0.1) is 0 Å². The molecule has 2 aromatic carbocycles. The maximum atomic E-state index is 11.9. The van der Waals surface area contributed by atoms with Crippen molar-refractivity contribution in [2.45, 2.75) is 12.8 Å². The molecular weight excluding hydrogens is 302 g/mol. The Morgan fingerprint density at radius 2 is 1.71 bits per heavy atom. The number of benzene rings is 2. The highest BCUT2D eigenvalue weighted by Crippen LogP contribution is 2.21. The molecule has 0 radical (unpaired) electrons. The summed E-state index contributed by atoms with van der Waals surface area (Å²) in [5.41, 5.74) is 2.01. The van der Waals surface area contributed by atoms with E-state index in [0.717, 1.165) is 24.5 Å². The normalized spacial score (nSPS) is 13.6. The van der Waals surface area contributed by atoms with Crippen LogP contribution in [0.4, 0.5) is 16.2 Å². The molecule has 0 bridgehead atoms. The lowest BCUT2D eigenvalue weighted by atomic mass is 10.2. The molecule has 1 aliphatic rings. The van der Waals surface area contributed by atoms with Crippen molar-refractivity contribution in [1.82, 2.24) is 5.32 Å². The van der Waals surface area contributed by atoms with Crippen molar-refractivity contribution in [2.24, 2.45) is 0 Å². The molecule has 5 nitrogen and oxygen atoms in total. The van der Waals surface area contributed by atoms with Gasteiger partial charge < -0.3 is 20.3 Å². The third-order valence-corrected chi connectivity index (χ3v) is 4.00. The topological polar surface area (TPSA) is 53.6 Å². The fourth-order valence-electron chi connectivity index (χ4n) is 2.76. The van der Waals surface area contributed by atoms with Gasteiger partial charge in [-0.05, 0) is 49.2 Å². The average Bonchev–Trinajstić information content (AvgIpc) is 3.15.